The molecule has 1 amide bonds. The average Bonchev–Trinajstić information content (AvgIpc) is 2.34. The minimum absolute atomic E-state index is 0.149. The van der Waals surface area contributed by atoms with Crippen molar-refractivity contribution < 1.29 is 9.90 Å². The molecule has 1 heterocycles. The van der Waals surface area contributed by atoms with Crippen molar-refractivity contribution in [1.29, 1.82) is 0 Å². The predicted octanol–water partition coefficient (Wildman–Crippen LogP) is 1.23. The number of rotatable bonds is 6. The minimum atomic E-state index is -0.149. The molecule has 0 bridgehead atoms. The highest BCUT2D eigenvalue weighted by atomic mass is 16.3. The zero-order valence-corrected chi connectivity index (χ0v) is 11.2. The van der Waals surface area contributed by atoms with E-state index in [1.807, 2.05) is 6.92 Å². The number of hydrogen-bond donors (Lipinski definition) is 2. The van der Waals surface area contributed by atoms with Gasteiger partial charge in [0.05, 0.1) is 11.3 Å². The summed E-state index contributed by atoms with van der Waals surface area (Å²) in [6, 6.07) is 0. The van der Waals surface area contributed by atoms with Crippen molar-refractivity contribution in [2.24, 2.45) is 5.92 Å². The van der Waals surface area contributed by atoms with Crippen molar-refractivity contribution in [1.82, 2.24) is 15.3 Å². The van der Waals surface area contributed by atoms with Gasteiger partial charge in [-0.3, -0.25) is 4.79 Å². The summed E-state index contributed by atoms with van der Waals surface area (Å²) in [5.41, 5.74) is 1.20. The summed E-state index contributed by atoms with van der Waals surface area (Å²) in [6.45, 7) is 6.37. The zero-order chi connectivity index (χ0) is 13.5. The van der Waals surface area contributed by atoms with E-state index in [0.29, 0.717) is 36.0 Å². The van der Waals surface area contributed by atoms with Gasteiger partial charge in [-0.1, -0.05) is 13.3 Å². The fourth-order valence-electron chi connectivity index (χ4n) is 1.77. The highest BCUT2D eigenvalue weighted by molar-refractivity contribution is 5.94. The van der Waals surface area contributed by atoms with Gasteiger partial charge in [-0.15, -0.1) is 0 Å². The predicted molar refractivity (Wildman–Crippen MR) is 69.3 cm³/mol. The lowest BCUT2D eigenvalue weighted by molar-refractivity contribution is 0.0942. The van der Waals surface area contributed by atoms with Crippen LogP contribution in [0.25, 0.3) is 0 Å². The molecule has 1 aromatic heterocycles. The number of aryl methyl sites for hydroxylation is 2. The van der Waals surface area contributed by atoms with Crippen molar-refractivity contribution in [3.05, 3.63) is 23.3 Å². The fraction of sp³-hybridized carbons (Fsp3) is 0.615. The zero-order valence-electron chi connectivity index (χ0n) is 11.2. The number of aromatic nitrogens is 2. The van der Waals surface area contributed by atoms with Crippen molar-refractivity contribution in [2.75, 3.05) is 13.2 Å². The third-order valence-electron chi connectivity index (χ3n) is 3.01. The lowest BCUT2D eigenvalue weighted by Crippen LogP contribution is -2.30. The van der Waals surface area contributed by atoms with E-state index in [1.165, 1.54) is 0 Å². The maximum atomic E-state index is 11.9. The molecule has 1 unspecified atom stereocenters. The molecule has 18 heavy (non-hydrogen) atoms. The Morgan fingerprint density at radius 1 is 1.50 bits per heavy atom. The number of nitrogens with zero attached hydrogens (tertiary/aromatic N) is 2. The van der Waals surface area contributed by atoms with Crippen LogP contribution in [-0.4, -0.2) is 34.1 Å². The minimum Gasteiger partial charge on any atom is -0.396 e. The average molecular weight is 251 g/mol. The Balaban J connectivity index is 2.59. The first-order valence-electron chi connectivity index (χ1n) is 6.27. The summed E-state index contributed by atoms with van der Waals surface area (Å²) in [5, 5.41) is 11.8. The van der Waals surface area contributed by atoms with Crippen LogP contribution in [0.4, 0.5) is 0 Å². The molecule has 0 aliphatic rings. The van der Waals surface area contributed by atoms with Crippen LogP contribution in [0, 0.1) is 19.8 Å². The Kier molecular flexibility index (Phi) is 5.71. The molecule has 0 radical (unpaired) electrons. The summed E-state index contributed by atoms with van der Waals surface area (Å²) in [7, 11) is 0. The smallest absolute Gasteiger partial charge is 0.254 e. The second kappa shape index (κ2) is 7.06. The van der Waals surface area contributed by atoms with Crippen LogP contribution in [0.1, 0.15) is 41.6 Å². The van der Waals surface area contributed by atoms with Gasteiger partial charge in [0, 0.05) is 19.3 Å². The highest BCUT2D eigenvalue weighted by Crippen LogP contribution is 2.07. The lowest BCUT2D eigenvalue weighted by Gasteiger charge is -2.14. The number of aliphatic hydroxyl groups is 1. The number of hydrogen-bond acceptors (Lipinski definition) is 4. The van der Waals surface area contributed by atoms with E-state index in [-0.39, 0.29) is 12.5 Å². The largest absolute Gasteiger partial charge is 0.396 e. The molecule has 0 aromatic carbocycles. The van der Waals surface area contributed by atoms with Gasteiger partial charge >= 0.3 is 0 Å². The molecule has 0 saturated carbocycles. The number of carbonyl (C=O) groups is 1. The molecule has 100 valence electrons. The van der Waals surface area contributed by atoms with Crippen LogP contribution in [0.15, 0.2) is 6.20 Å². The molecule has 5 heteroatoms. The van der Waals surface area contributed by atoms with Gasteiger partial charge in [-0.05, 0) is 26.2 Å². The van der Waals surface area contributed by atoms with E-state index in [0.717, 1.165) is 6.42 Å². The quantitative estimate of drug-likeness (QED) is 0.797. The molecule has 1 aromatic rings. The molecular weight excluding hydrogens is 230 g/mol. The lowest BCUT2D eigenvalue weighted by atomic mass is 10.0. The summed E-state index contributed by atoms with van der Waals surface area (Å²) in [4.78, 5) is 20.1. The van der Waals surface area contributed by atoms with Gasteiger partial charge in [-0.25, -0.2) is 9.97 Å². The SMILES string of the molecule is CCC(CCO)CNC(=O)c1cnc(C)nc1C. The van der Waals surface area contributed by atoms with E-state index in [9.17, 15) is 4.79 Å². The normalized spacial score (nSPS) is 12.2. The number of nitrogens with one attached hydrogen (secondary N) is 1. The van der Waals surface area contributed by atoms with E-state index in [2.05, 4.69) is 15.3 Å². The molecule has 0 fully saturated rings. The molecule has 0 aliphatic heterocycles. The maximum absolute atomic E-state index is 11.9. The van der Waals surface area contributed by atoms with E-state index in [4.69, 9.17) is 5.11 Å². The van der Waals surface area contributed by atoms with Crippen molar-refractivity contribution in [2.45, 2.75) is 33.6 Å². The van der Waals surface area contributed by atoms with Crippen LogP contribution < -0.4 is 5.32 Å². The number of carbonyl (C=O) groups excluding carboxylic acids is 1. The Hall–Kier alpha value is -1.49. The van der Waals surface area contributed by atoms with E-state index < -0.39 is 0 Å². The van der Waals surface area contributed by atoms with Crippen LogP contribution in [0.3, 0.4) is 0 Å². The molecular formula is C13H21N3O2. The number of aliphatic hydroxyl groups excluding tert-OH is 1. The van der Waals surface area contributed by atoms with Crippen LogP contribution in [0.5, 0.6) is 0 Å². The Morgan fingerprint density at radius 2 is 2.22 bits per heavy atom. The Morgan fingerprint density at radius 3 is 2.78 bits per heavy atom. The summed E-state index contributed by atoms with van der Waals surface area (Å²) < 4.78 is 0. The Bertz CT molecular complexity index is 407. The topological polar surface area (TPSA) is 75.1 Å². The van der Waals surface area contributed by atoms with Gasteiger partial charge in [0.15, 0.2) is 0 Å². The molecule has 0 aliphatic carbocycles. The van der Waals surface area contributed by atoms with E-state index >= 15 is 0 Å². The first kappa shape index (κ1) is 14.6. The van der Waals surface area contributed by atoms with Crippen LogP contribution >= 0.6 is 0 Å². The summed E-state index contributed by atoms with van der Waals surface area (Å²) in [6.07, 6.45) is 3.20. The fourth-order valence-corrected chi connectivity index (χ4v) is 1.77. The van der Waals surface area contributed by atoms with Crippen molar-refractivity contribution in [3.8, 4) is 0 Å². The van der Waals surface area contributed by atoms with Gasteiger partial charge in [0.25, 0.3) is 5.91 Å². The third-order valence-corrected chi connectivity index (χ3v) is 3.01. The second-order valence-corrected chi connectivity index (χ2v) is 4.41. The Labute approximate surface area is 108 Å². The van der Waals surface area contributed by atoms with Crippen molar-refractivity contribution in [3.63, 3.8) is 0 Å². The van der Waals surface area contributed by atoms with Crippen molar-refractivity contribution >= 4 is 5.91 Å². The molecule has 2 N–H and O–H groups in total. The van der Waals surface area contributed by atoms with E-state index in [1.54, 1.807) is 20.0 Å². The maximum Gasteiger partial charge on any atom is 0.254 e. The highest BCUT2D eigenvalue weighted by Gasteiger charge is 2.12. The molecule has 0 spiro atoms. The van der Waals surface area contributed by atoms with Gasteiger partial charge in [-0.2, -0.15) is 0 Å². The summed E-state index contributed by atoms with van der Waals surface area (Å²) in [5.74, 6) is 0.824. The summed E-state index contributed by atoms with van der Waals surface area (Å²) >= 11 is 0. The first-order chi connectivity index (χ1) is 8.58. The first-order valence-corrected chi connectivity index (χ1v) is 6.27. The van der Waals surface area contributed by atoms with Crippen LogP contribution in [-0.2, 0) is 0 Å². The van der Waals surface area contributed by atoms with Crippen LogP contribution in [0.2, 0.25) is 0 Å². The monoisotopic (exact) mass is 251 g/mol. The second-order valence-electron chi connectivity index (χ2n) is 4.41. The van der Waals surface area contributed by atoms with Gasteiger partial charge in [0.2, 0.25) is 0 Å². The van der Waals surface area contributed by atoms with Gasteiger partial charge < -0.3 is 10.4 Å². The standard InChI is InChI=1S/C13H21N3O2/c1-4-11(5-6-17)7-15-13(18)12-8-14-10(3)16-9(12)2/h8,11,17H,4-7H2,1-3H3,(H,15,18). The molecule has 1 atom stereocenters. The van der Waals surface area contributed by atoms with Gasteiger partial charge in [0.1, 0.15) is 5.82 Å². The number of amides is 1. The molecule has 5 nitrogen and oxygen atoms in total. The molecule has 1 rings (SSSR count). The third kappa shape index (κ3) is 4.07. The molecule has 0 saturated heterocycles.